The highest BCUT2D eigenvalue weighted by Crippen LogP contribution is 2.33. The molecule has 1 atom stereocenters. The summed E-state index contributed by atoms with van der Waals surface area (Å²) in [7, 11) is -1.03. The molecule has 0 heterocycles. The van der Waals surface area contributed by atoms with E-state index >= 15 is 0 Å². The molecule has 1 N–H and O–H groups in total. The van der Waals surface area contributed by atoms with E-state index in [-0.39, 0.29) is 36.2 Å². The zero-order valence-corrected chi connectivity index (χ0v) is 26.0. The smallest absolute Gasteiger partial charge is 0.244 e. The minimum Gasteiger partial charge on any atom is -0.497 e. The molecule has 42 heavy (non-hydrogen) atoms. The van der Waals surface area contributed by atoms with E-state index in [1.54, 1.807) is 12.1 Å². The summed E-state index contributed by atoms with van der Waals surface area (Å²) in [5, 5.41) is 2.98. The fourth-order valence-corrected chi connectivity index (χ4v) is 5.31. The zero-order chi connectivity index (χ0) is 30.9. The van der Waals surface area contributed by atoms with Gasteiger partial charge < -0.3 is 19.7 Å². The van der Waals surface area contributed by atoms with Crippen molar-refractivity contribution in [2.75, 3.05) is 37.9 Å². The molecule has 3 aromatic carbocycles. The molecule has 0 aliphatic rings. The number of nitrogens with zero attached hydrogens (tertiary/aromatic N) is 2. The average molecular weight is 596 g/mol. The number of benzene rings is 3. The maximum absolute atomic E-state index is 14.2. The largest absolute Gasteiger partial charge is 0.497 e. The van der Waals surface area contributed by atoms with Gasteiger partial charge in [-0.1, -0.05) is 74.0 Å². The summed E-state index contributed by atoms with van der Waals surface area (Å²) in [5.74, 6) is 0.0746. The number of carbonyl (C=O) groups is 2. The molecule has 0 aliphatic heterocycles. The third-order valence-corrected chi connectivity index (χ3v) is 7.89. The summed E-state index contributed by atoms with van der Waals surface area (Å²) >= 11 is 0. The van der Waals surface area contributed by atoms with E-state index in [9.17, 15) is 18.0 Å². The molecule has 2 amide bonds. The summed E-state index contributed by atoms with van der Waals surface area (Å²) < 4.78 is 37.9. The molecule has 0 fully saturated rings. The Kier molecular flexibility index (Phi) is 11.4. The number of nitrogens with one attached hydrogen (secondary N) is 1. The number of aryl methyl sites for hydroxylation is 1. The Hall–Kier alpha value is -4.05. The van der Waals surface area contributed by atoms with E-state index in [1.807, 2.05) is 75.4 Å². The number of rotatable bonds is 14. The minimum absolute atomic E-state index is 0.114. The van der Waals surface area contributed by atoms with Gasteiger partial charge in [0.15, 0.2) is 0 Å². The first-order chi connectivity index (χ1) is 19.9. The second-order valence-electron chi connectivity index (χ2n) is 10.7. The SMILES string of the molecule is COc1ccc(N(CC(=O)N(Cc2ccc(C)cc2)C(Cc2ccccc2)C(=O)NCC(C)C)S(C)(=O)=O)c(OC)c1. The second-order valence-corrected chi connectivity index (χ2v) is 12.6. The molecule has 226 valence electrons. The average Bonchev–Trinajstić information content (AvgIpc) is 2.96. The van der Waals surface area contributed by atoms with E-state index in [0.717, 1.165) is 27.3 Å². The summed E-state index contributed by atoms with van der Waals surface area (Å²) in [6.45, 7) is 5.98. The maximum atomic E-state index is 14.2. The van der Waals surface area contributed by atoms with Gasteiger partial charge in [-0.15, -0.1) is 0 Å². The van der Waals surface area contributed by atoms with E-state index in [4.69, 9.17) is 9.47 Å². The van der Waals surface area contributed by atoms with Crippen molar-refractivity contribution >= 4 is 27.5 Å². The van der Waals surface area contributed by atoms with Gasteiger partial charge in [-0.25, -0.2) is 8.42 Å². The van der Waals surface area contributed by atoms with E-state index < -0.39 is 28.5 Å². The van der Waals surface area contributed by atoms with Gasteiger partial charge in [0.25, 0.3) is 0 Å². The Morgan fingerprint density at radius 3 is 2.14 bits per heavy atom. The van der Waals surface area contributed by atoms with Gasteiger partial charge in [-0.2, -0.15) is 0 Å². The first-order valence-electron chi connectivity index (χ1n) is 13.8. The summed E-state index contributed by atoms with van der Waals surface area (Å²) in [5.41, 5.74) is 2.94. The van der Waals surface area contributed by atoms with Crippen LogP contribution in [0.2, 0.25) is 0 Å². The number of carbonyl (C=O) groups excluding carboxylic acids is 2. The van der Waals surface area contributed by atoms with Gasteiger partial charge in [-0.3, -0.25) is 13.9 Å². The number of amides is 2. The van der Waals surface area contributed by atoms with Gasteiger partial charge in [0, 0.05) is 25.6 Å². The highest BCUT2D eigenvalue weighted by molar-refractivity contribution is 7.92. The second kappa shape index (κ2) is 14.7. The molecule has 0 saturated heterocycles. The first-order valence-corrected chi connectivity index (χ1v) is 15.6. The number of sulfonamides is 1. The summed E-state index contributed by atoms with van der Waals surface area (Å²) in [6, 6.07) is 20.9. The number of hydrogen-bond donors (Lipinski definition) is 1. The zero-order valence-electron chi connectivity index (χ0n) is 25.2. The van der Waals surface area contributed by atoms with Crippen molar-refractivity contribution in [3.8, 4) is 11.5 Å². The molecular weight excluding hydrogens is 554 g/mol. The van der Waals surface area contributed by atoms with Crippen molar-refractivity contribution in [3.63, 3.8) is 0 Å². The van der Waals surface area contributed by atoms with Crippen molar-refractivity contribution in [1.82, 2.24) is 10.2 Å². The van der Waals surface area contributed by atoms with Gasteiger partial charge in [0.2, 0.25) is 21.8 Å². The van der Waals surface area contributed by atoms with Crippen molar-refractivity contribution in [2.45, 2.75) is 39.8 Å². The van der Waals surface area contributed by atoms with Crippen LogP contribution >= 0.6 is 0 Å². The maximum Gasteiger partial charge on any atom is 0.244 e. The topological polar surface area (TPSA) is 105 Å². The Morgan fingerprint density at radius 2 is 1.57 bits per heavy atom. The number of anilines is 1. The number of hydrogen-bond acceptors (Lipinski definition) is 6. The van der Waals surface area contributed by atoms with Crippen LogP contribution in [-0.4, -0.2) is 64.7 Å². The highest BCUT2D eigenvalue weighted by Gasteiger charge is 2.33. The van der Waals surface area contributed by atoms with Crippen LogP contribution in [0.25, 0.3) is 0 Å². The lowest BCUT2D eigenvalue weighted by Crippen LogP contribution is -2.53. The van der Waals surface area contributed by atoms with Crippen LogP contribution in [0.4, 0.5) is 5.69 Å². The number of methoxy groups -OCH3 is 2. The van der Waals surface area contributed by atoms with Crippen LogP contribution in [0.1, 0.15) is 30.5 Å². The normalized spacial score (nSPS) is 12.0. The van der Waals surface area contributed by atoms with Crippen molar-refractivity contribution in [1.29, 1.82) is 0 Å². The molecular formula is C32H41N3O6S. The summed E-state index contributed by atoms with van der Waals surface area (Å²) in [4.78, 5) is 29.4. The fraction of sp³-hybridized carbons (Fsp3) is 0.375. The quantitative estimate of drug-likeness (QED) is 0.300. The van der Waals surface area contributed by atoms with Gasteiger partial charge >= 0.3 is 0 Å². The Morgan fingerprint density at radius 1 is 0.905 bits per heavy atom. The van der Waals surface area contributed by atoms with Crippen LogP contribution in [0.3, 0.4) is 0 Å². The standard InChI is InChI=1S/C32H41N3O6S/c1-23(2)20-33-32(37)29(18-25-10-8-7-9-11-25)34(21-26-14-12-24(3)13-15-26)31(36)22-35(42(6,38)39)28-17-16-27(40-4)19-30(28)41-5/h7-17,19,23,29H,18,20-22H2,1-6H3,(H,33,37). The van der Waals surface area contributed by atoms with Crippen LogP contribution < -0.4 is 19.1 Å². The Bertz CT molecular complexity index is 1440. The lowest BCUT2D eigenvalue weighted by atomic mass is 10.0. The molecule has 0 saturated carbocycles. The van der Waals surface area contributed by atoms with Crippen molar-refractivity contribution in [3.05, 3.63) is 89.5 Å². The van der Waals surface area contributed by atoms with Gasteiger partial charge in [0.05, 0.1) is 26.2 Å². The molecule has 10 heteroatoms. The monoisotopic (exact) mass is 595 g/mol. The molecule has 3 rings (SSSR count). The summed E-state index contributed by atoms with van der Waals surface area (Å²) in [6.07, 6.45) is 1.29. The van der Waals surface area contributed by atoms with Crippen LogP contribution in [-0.2, 0) is 32.6 Å². The third kappa shape index (κ3) is 8.97. The Balaban J connectivity index is 2.08. The van der Waals surface area contributed by atoms with E-state index in [1.165, 1.54) is 25.2 Å². The van der Waals surface area contributed by atoms with Gasteiger partial charge in [0.1, 0.15) is 24.1 Å². The van der Waals surface area contributed by atoms with Crippen LogP contribution in [0.15, 0.2) is 72.8 Å². The van der Waals surface area contributed by atoms with Gasteiger partial charge in [-0.05, 0) is 36.1 Å². The van der Waals surface area contributed by atoms with E-state index in [2.05, 4.69) is 5.32 Å². The molecule has 3 aromatic rings. The van der Waals surface area contributed by atoms with E-state index in [0.29, 0.717) is 12.3 Å². The number of ether oxygens (including phenoxy) is 2. The lowest BCUT2D eigenvalue weighted by Gasteiger charge is -2.34. The third-order valence-electron chi connectivity index (χ3n) is 6.76. The Labute approximate surface area is 249 Å². The highest BCUT2D eigenvalue weighted by atomic mass is 32.2. The molecule has 0 radical (unpaired) electrons. The molecule has 9 nitrogen and oxygen atoms in total. The fourth-order valence-electron chi connectivity index (χ4n) is 4.45. The molecule has 0 spiro atoms. The first kappa shape index (κ1) is 32.5. The predicted octanol–water partition coefficient (Wildman–Crippen LogP) is 4.19. The van der Waals surface area contributed by atoms with Crippen LogP contribution in [0, 0.1) is 12.8 Å². The minimum atomic E-state index is -3.94. The van der Waals surface area contributed by atoms with Crippen LogP contribution in [0.5, 0.6) is 11.5 Å². The van der Waals surface area contributed by atoms with Crippen molar-refractivity contribution < 1.29 is 27.5 Å². The molecule has 1 unspecified atom stereocenters. The predicted molar refractivity (Wildman–Crippen MR) is 165 cm³/mol. The van der Waals surface area contributed by atoms with Crippen molar-refractivity contribution in [2.24, 2.45) is 5.92 Å². The molecule has 0 bridgehead atoms. The molecule has 0 aliphatic carbocycles. The molecule has 0 aromatic heterocycles. The lowest BCUT2D eigenvalue weighted by molar-refractivity contribution is -0.140.